The molecule has 0 aromatic heterocycles. The van der Waals surface area contributed by atoms with Crippen LogP contribution in [0, 0.1) is 5.82 Å². The zero-order valence-electron chi connectivity index (χ0n) is 9.82. The zero-order chi connectivity index (χ0) is 11.8. The van der Waals surface area contributed by atoms with Crippen LogP contribution in [0.25, 0.3) is 0 Å². The lowest BCUT2D eigenvalue weighted by Gasteiger charge is -2.21. The van der Waals surface area contributed by atoms with Crippen LogP contribution < -0.4 is 0 Å². The first-order valence-corrected chi connectivity index (χ1v) is 5.84. The predicted octanol–water partition coefficient (Wildman–Crippen LogP) is 2.42. The maximum absolute atomic E-state index is 13.0. The molecule has 0 atom stereocenters. The fourth-order valence-corrected chi connectivity index (χ4v) is 1.69. The van der Waals surface area contributed by atoms with Gasteiger partial charge in [0.2, 0.25) is 0 Å². The van der Waals surface area contributed by atoms with Gasteiger partial charge in [-0.3, -0.25) is 4.90 Å². The fourth-order valence-electron chi connectivity index (χ4n) is 1.69. The molecular weight excluding hydrogens is 205 g/mol. The van der Waals surface area contributed by atoms with Gasteiger partial charge < -0.3 is 5.11 Å². The highest BCUT2D eigenvalue weighted by Crippen LogP contribution is 2.08. The highest BCUT2D eigenvalue weighted by atomic mass is 19.1. The second-order valence-electron chi connectivity index (χ2n) is 3.98. The molecule has 1 rings (SSSR count). The number of hydrogen-bond acceptors (Lipinski definition) is 2. The van der Waals surface area contributed by atoms with Crippen molar-refractivity contribution in [2.75, 3.05) is 19.7 Å². The third-order valence-electron chi connectivity index (χ3n) is 2.54. The van der Waals surface area contributed by atoms with Gasteiger partial charge in [-0.25, -0.2) is 4.39 Å². The van der Waals surface area contributed by atoms with E-state index < -0.39 is 0 Å². The van der Waals surface area contributed by atoms with Crippen LogP contribution in [0.5, 0.6) is 0 Å². The van der Waals surface area contributed by atoms with Gasteiger partial charge in [0.15, 0.2) is 0 Å². The molecule has 0 aliphatic rings. The summed E-state index contributed by atoms with van der Waals surface area (Å²) in [5.41, 5.74) is 0.963. The molecule has 2 nitrogen and oxygen atoms in total. The molecule has 1 aromatic carbocycles. The average Bonchev–Trinajstić information content (AvgIpc) is 2.26. The monoisotopic (exact) mass is 225 g/mol. The first-order chi connectivity index (χ1) is 7.76. The summed E-state index contributed by atoms with van der Waals surface area (Å²) in [7, 11) is 0. The fraction of sp³-hybridized carbons (Fsp3) is 0.538. The molecule has 0 saturated heterocycles. The third-order valence-corrected chi connectivity index (χ3v) is 2.54. The normalized spacial score (nSPS) is 11.0. The van der Waals surface area contributed by atoms with Crippen molar-refractivity contribution < 1.29 is 9.50 Å². The Bertz CT molecular complexity index is 304. The van der Waals surface area contributed by atoms with E-state index in [1.54, 1.807) is 12.1 Å². The average molecular weight is 225 g/mol. The van der Waals surface area contributed by atoms with Crippen LogP contribution in [0.15, 0.2) is 24.3 Å². The number of benzene rings is 1. The standard InChI is InChI=1S/C13H20FNO/c1-2-3-7-15(8-9-16)11-12-5-4-6-13(14)10-12/h4-6,10,16H,2-3,7-9,11H2,1H3. The second kappa shape index (κ2) is 7.36. The van der Waals surface area contributed by atoms with E-state index in [0.717, 1.165) is 24.9 Å². The number of hydrogen-bond donors (Lipinski definition) is 1. The lowest BCUT2D eigenvalue weighted by Crippen LogP contribution is -2.27. The maximum atomic E-state index is 13.0. The molecule has 0 radical (unpaired) electrons. The molecule has 1 N–H and O–H groups in total. The van der Waals surface area contributed by atoms with Crippen LogP contribution >= 0.6 is 0 Å². The first-order valence-electron chi connectivity index (χ1n) is 5.84. The first kappa shape index (κ1) is 13.1. The molecule has 0 saturated carbocycles. The van der Waals surface area contributed by atoms with Gasteiger partial charge in [0.25, 0.3) is 0 Å². The maximum Gasteiger partial charge on any atom is 0.123 e. The van der Waals surface area contributed by atoms with Gasteiger partial charge >= 0.3 is 0 Å². The van der Waals surface area contributed by atoms with E-state index in [2.05, 4.69) is 11.8 Å². The van der Waals surface area contributed by atoms with Crippen LogP contribution in [0.1, 0.15) is 25.3 Å². The molecule has 3 heteroatoms. The van der Waals surface area contributed by atoms with Gasteiger partial charge in [0.1, 0.15) is 5.82 Å². The topological polar surface area (TPSA) is 23.5 Å². The summed E-state index contributed by atoms with van der Waals surface area (Å²) in [6, 6.07) is 6.64. The highest BCUT2D eigenvalue weighted by Gasteiger charge is 2.05. The van der Waals surface area contributed by atoms with E-state index in [1.807, 2.05) is 6.07 Å². The summed E-state index contributed by atoms with van der Waals surface area (Å²) >= 11 is 0. The van der Waals surface area contributed by atoms with E-state index in [9.17, 15) is 4.39 Å². The number of halogens is 1. The van der Waals surface area contributed by atoms with Gasteiger partial charge in [0.05, 0.1) is 6.61 Å². The summed E-state index contributed by atoms with van der Waals surface area (Å²) in [5.74, 6) is -0.197. The summed E-state index contributed by atoms with van der Waals surface area (Å²) < 4.78 is 13.0. The summed E-state index contributed by atoms with van der Waals surface area (Å²) in [5, 5.41) is 8.95. The Kier molecular flexibility index (Phi) is 6.04. The van der Waals surface area contributed by atoms with Crippen LogP contribution in [-0.4, -0.2) is 29.7 Å². The smallest absolute Gasteiger partial charge is 0.123 e. The molecule has 0 bridgehead atoms. The van der Waals surface area contributed by atoms with Crippen LogP contribution in [0.3, 0.4) is 0 Å². The minimum absolute atomic E-state index is 0.152. The Balaban J connectivity index is 2.52. The van der Waals surface area contributed by atoms with Gasteiger partial charge in [-0.1, -0.05) is 25.5 Å². The number of unbranched alkanes of at least 4 members (excludes halogenated alkanes) is 1. The molecule has 90 valence electrons. The predicted molar refractivity (Wildman–Crippen MR) is 63.7 cm³/mol. The Labute approximate surface area is 96.7 Å². The molecule has 0 aliphatic carbocycles. The van der Waals surface area contributed by atoms with E-state index in [-0.39, 0.29) is 12.4 Å². The van der Waals surface area contributed by atoms with Crippen molar-refractivity contribution in [3.05, 3.63) is 35.6 Å². The van der Waals surface area contributed by atoms with Crippen LogP contribution in [0.2, 0.25) is 0 Å². The van der Waals surface area contributed by atoms with Gasteiger partial charge in [-0.2, -0.15) is 0 Å². The Hall–Kier alpha value is -0.930. The van der Waals surface area contributed by atoms with Gasteiger partial charge in [-0.15, -0.1) is 0 Å². The summed E-state index contributed by atoms with van der Waals surface area (Å²) in [4.78, 5) is 2.15. The molecule has 0 spiro atoms. The molecular formula is C13H20FNO. The zero-order valence-corrected chi connectivity index (χ0v) is 9.82. The number of aliphatic hydroxyl groups is 1. The largest absolute Gasteiger partial charge is 0.395 e. The van der Waals surface area contributed by atoms with Gasteiger partial charge in [-0.05, 0) is 30.7 Å². The minimum atomic E-state index is -0.197. The number of rotatable bonds is 7. The summed E-state index contributed by atoms with van der Waals surface area (Å²) in [6.45, 7) is 4.60. The van der Waals surface area contributed by atoms with E-state index in [4.69, 9.17) is 5.11 Å². The third kappa shape index (κ3) is 4.73. The van der Waals surface area contributed by atoms with Crippen LogP contribution in [-0.2, 0) is 6.54 Å². The van der Waals surface area contributed by atoms with E-state index in [1.165, 1.54) is 6.07 Å². The van der Waals surface area contributed by atoms with Crippen molar-refractivity contribution in [1.82, 2.24) is 4.90 Å². The van der Waals surface area contributed by atoms with Crippen LogP contribution in [0.4, 0.5) is 4.39 Å². The van der Waals surface area contributed by atoms with Crippen molar-refractivity contribution in [1.29, 1.82) is 0 Å². The highest BCUT2D eigenvalue weighted by molar-refractivity contribution is 5.16. The molecule has 0 heterocycles. The van der Waals surface area contributed by atoms with E-state index >= 15 is 0 Å². The van der Waals surface area contributed by atoms with E-state index in [0.29, 0.717) is 13.1 Å². The molecule has 0 unspecified atom stereocenters. The Morgan fingerprint density at radius 2 is 2.12 bits per heavy atom. The molecule has 1 aromatic rings. The Morgan fingerprint density at radius 3 is 2.75 bits per heavy atom. The molecule has 0 amide bonds. The van der Waals surface area contributed by atoms with Crippen molar-refractivity contribution in [2.45, 2.75) is 26.3 Å². The summed E-state index contributed by atoms with van der Waals surface area (Å²) in [6.07, 6.45) is 2.24. The molecule has 0 aliphatic heterocycles. The number of nitrogens with zero attached hydrogens (tertiary/aromatic N) is 1. The van der Waals surface area contributed by atoms with Crippen molar-refractivity contribution in [3.8, 4) is 0 Å². The quantitative estimate of drug-likeness (QED) is 0.770. The lowest BCUT2D eigenvalue weighted by molar-refractivity contribution is 0.188. The Morgan fingerprint density at radius 1 is 1.31 bits per heavy atom. The van der Waals surface area contributed by atoms with Crippen molar-refractivity contribution in [2.24, 2.45) is 0 Å². The molecule has 0 fully saturated rings. The second-order valence-corrected chi connectivity index (χ2v) is 3.98. The lowest BCUT2D eigenvalue weighted by atomic mass is 10.2. The van der Waals surface area contributed by atoms with Crippen molar-refractivity contribution in [3.63, 3.8) is 0 Å². The SMILES string of the molecule is CCCCN(CCO)Cc1cccc(F)c1. The van der Waals surface area contributed by atoms with Crippen molar-refractivity contribution >= 4 is 0 Å². The minimum Gasteiger partial charge on any atom is -0.395 e. The van der Waals surface area contributed by atoms with Gasteiger partial charge in [0, 0.05) is 13.1 Å². The number of aliphatic hydroxyl groups excluding tert-OH is 1. The molecule has 16 heavy (non-hydrogen) atoms.